The SMILES string of the molecule is Cn1c2ccc(C3=Nc4ccccc4C3)cc2c2c3ccccc3ccc21.Cn1c2ccc(C3=Nc4ccccc4C3)cc2c2cc(-c3ccccc3)ccc21.Cn1c2ccccc2c2cc(-c3ccc(C4=Nc5ccccc5C4)cc3)ccc21.Cn1c2ccccc2c2cc(-c3cccc(C4=Nc5ccccc5C4)c3)ccc21.Cn1c2ccccc2c2cc(C3=Nc4ccccc4C3)ccc21. The summed E-state index contributed by atoms with van der Waals surface area (Å²) in [5.41, 5.74) is 44.1. The van der Waals surface area contributed by atoms with Crippen molar-refractivity contribution in [3.05, 3.63) is 474 Å². The summed E-state index contributed by atoms with van der Waals surface area (Å²) in [6, 6.07) is 150. The maximum Gasteiger partial charge on any atom is 0.0669 e. The summed E-state index contributed by atoms with van der Waals surface area (Å²) in [7, 11) is 10.7. The Hall–Kier alpha value is -17.2. The highest BCUT2D eigenvalue weighted by Crippen LogP contribution is 2.43. The fourth-order valence-corrected chi connectivity index (χ4v) is 21.7. The van der Waals surface area contributed by atoms with Gasteiger partial charge in [-0.15, -0.1) is 0 Å². The number of aliphatic imine (C=N–C) groups is 5. The normalized spacial score (nSPS) is 13.2. The first kappa shape index (κ1) is 81.8. The van der Waals surface area contributed by atoms with Crippen LogP contribution in [0.25, 0.3) is 153 Å². The molecule has 5 aliphatic rings. The predicted octanol–water partition coefficient (Wildman–Crippen LogP) is 31.2. The van der Waals surface area contributed by atoms with Crippen LogP contribution >= 0.6 is 0 Å². The number of rotatable bonds is 8. The Balaban J connectivity index is 0.0000000912. The van der Waals surface area contributed by atoms with Crippen LogP contribution in [0.15, 0.2) is 444 Å². The van der Waals surface area contributed by atoms with Crippen molar-refractivity contribution in [2.75, 3.05) is 0 Å². The molecule has 0 saturated carbocycles. The van der Waals surface area contributed by atoms with E-state index in [0.717, 1.165) is 83.4 Å². The predicted molar refractivity (Wildman–Crippen MR) is 578 cm³/mol. The Kier molecular flexibility index (Phi) is 20.2. The summed E-state index contributed by atoms with van der Waals surface area (Å²) in [6.45, 7) is 0. The molecule has 0 spiro atoms. The van der Waals surface area contributed by atoms with E-state index in [1.807, 2.05) is 0 Å². The molecular weight excluding hydrogens is 1670 g/mol. The van der Waals surface area contributed by atoms with Gasteiger partial charge in [0.15, 0.2) is 0 Å². The van der Waals surface area contributed by atoms with Crippen molar-refractivity contribution < 1.29 is 0 Å². The smallest absolute Gasteiger partial charge is 0.0669 e. The van der Waals surface area contributed by atoms with E-state index in [1.165, 1.54) is 215 Å². The number of fused-ring (bicyclic) bond motifs is 22. The number of benzene rings is 19. The van der Waals surface area contributed by atoms with E-state index in [0.29, 0.717) is 0 Å². The lowest BCUT2D eigenvalue weighted by molar-refractivity contribution is 1.01. The molecule has 10 heterocycles. The zero-order valence-electron chi connectivity index (χ0n) is 76.8. The second-order valence-corrected chi connectivity index (χ2v) is 36.8. The third-order valence-electron chi connectivity index (χ3n) is 28.9. The molecule has 137 heavy (non-hydrogen) atoms. The fourth-order valence-electron chi connectivity index (χ4n) is 21.7. The Morgan fingerprint density at radius 1 is 0.153 bits per heavy atom. The molecule has 19 aromatic carbocycles. The van der Waals surface area contributed by atoms with Gasteiger partial charge < -0.3 is 22.8 Å². The number of aryl methyl sites for hydroxylation is 5. The van der Waals surface area contributed by atoms with Crippen LogP contribution in [-0.4, -0.2) is 51.4 Å². The minimum Gasteiger partial charge on any atom is -0.344 e. The van der Waals surface area contributed by atoms with Crippen molar-refractivity contribution in [1.82, 2.24) is 22.8 Å². The van der Waals surface area contributed by atoms with Gasteiger partial charge in [0.1, 0.15) is 0 Å². The van der Waals surface area contributed by atoms with Crippen LogP contribution in [-0.2, 0) is 67.3 Å². The lowest BCUT2D eigenvalue weighted by Crippen LogP contribution is -2.00. The van der Waals surface area contributed by atoms with Crippen LogP contribution in [0, 0.1) is 0 Å². The molecule has 0 amide bonds. The van der Waals surface area contributed by atoms with E-state index in [9.17, 15) is 0 Å². The van der Waals surface area contributed by atoms with Gasteiger partial charge in [0.2, 0.25) is 0 Å². The molecule has 0 bridgehead atoms. The fraction of sp³-hybridized carbons (Fsp3) is 0.0787. The molecule has 10 nitrogen and oxygen atoms in total. The maximum atomic E-state index is 4.89. The molecule has 0 fully saturated rings. The van der Waals surface area contributed by atoms with Gasteiger partial charge in [-0.3, -0.25) is 25.0 Å². The maximum absolute atomic E-state index is 4.89. The summed E-state index contributed by atoms with van der Waals surface area (Å²) in [4.78, 5) is 24.3. The Labute approximate surface area is 794 Å². The highest BCUT2D eigenvalue weighted by molar-refractivity contribution is 6.23. The summed E-state index contributed by atoms with van der Waals surface area (Å²) in [5, 5.41) is 15.7. The van der Waals surface area contributed by atoms with Crippen LogP contribution < -0.4 is 0 Å². The summed E-state index contributed by atoms with van der Waals surface area (Å²) >= 11 is 0. The summed E-state index contributed by atoms with van der Waals surface area (Å²) < 4.78 is 11.4. The number of para-hydroxylation sites is 8. The number of hydrogen-bond acceptors (Lipinski definition) is 5. The number of nitrogens with zero attached hydrogens (tertiary/aromatic N) is 10. The van der Waals surface area contributed by atoms with E-state index < -0.39 is 0 Å². The van der Waals surface area contributed by atoms with Crippen LogP contribution in [0.4, 0.5) is 28.4 Å². The summed E-state index contributed by atoms with van der Waals surface area (Å²) in [6.07, 6.45) is 4.56. The molecule has 5 aliphatic heterocycles. The third kappa shape index (κ3) is 14.6. The first-order valence-corrected chi connectivity index (χ1v) is 47.3. The standard InChI is InChI=1S/3C27H20N2.C25H18N2.C21H16N2/c1-29-26-12-5-3-10-22(26)23-16-19(13-14-27(23)29)18-8-6-9-20(15-18)25-17-21-7-2-4-11-24(21)28-25;1-29-26-9-5-3-7-22(26)23-16-20(14-15-27(23)29)18-10-12-19(13-11-18)25-17-21-6-2-4-8-24(21)28-25;1-29-26-13-11-19(18-7-3-2-4-8-18)15-22(26)23-16-21(12-14-27(23)29)25-17-20-9-5-6-10-24(20)28-25;1-27-23-12-11-18(22-15-17-7-3-5-9-21(17)26-22)14-20(23)25-19-8-4-2-6-16(19)10-13-24(25)27;1-23-20-9-5-3-7-16(20)17-12-15(10-11-21(17)23)19-13-14-6-2-4-8-18(14)22-19/h3*2-16H,17H2,1H3;2-14H,15H2,1H3;2-12H,13H2,1H3. The molecule has 652 valence electrons. The second-order valence-electron chi connectivity index (χ2n) is 36.8. The van der Waals surface area contributed by atoms with Gasteiger partial charge >= 0.3 is 0 Å². The molecule has 0 unspecified atom stereocenters. The lowest BCUT2D eigenvalue weighted by atomic mass is 9.98. The number of hydrogen-bond donors (Lipinski definition) is 0. The Morgan fingerprint density at radius 3 is 0.781 bits per heavy atom. The Morgan fingerprint density at radius 2 is 0.387 bits per heavy atom. The molecular formula is C127H94N10. The zero-order valence-corrected chi connectivity index (χ0v) is 76.8. The molecule has 5 aromatic heterocycles. The van der Waals surface area contributed by atoms with Gasteiger partial charge in [0.05, 0.1) is 57.0 Å². The molecule has 0 radical (unpaired) electrons. The van der Waals surface area contributed by atoms with Gasteiger partial charge in [-0.05, 0) is 233 Å². The highest BCUT2D eigenvalue weighted by atomic mass is 15.0. The molecule has 10 heteroatoms. The van der Waals surface area contributed by atoms with E-state index in [2.05, 4.69) is 477 Å². The first-order chi connectivity index (χ1) is 67.4. The van der Waals surface area contributed by atoms with E-state index >= 15 is 0 Å². The molecule has 0 atom stereocenters. The quantitative estimate of drug-likeness (QED) is 0.145. The Bertz CT molecular complexity index is 9250. The van der Waals surface area contributed by atoms with Crippen molar-refractivity contribution in [2.45, 2.75) is 32.1 Å². The van der Waals surface area contributed by atoms with Crippen LogP contribution in [0.1, 0.15) is 55.6 Å². The van der Waals surface area contributed by atoms with Crippen molar-refractivity contribution >= 4 is 177 Å². The molecule has 0 aliphatic carbocycles. The van der Waals surface area contributed by atoms with Crippen molar-refractivity contribution in [1.29, 1.82) is 0 Å². The minimum atomic E-state index is 0.904. The molecule has 0 N–H and O–H groups in total. The van der Waals surface area contributed by atoms with Gasteiger partial charge in [0.25, 0.3) is 0 Å². The average Bonchev–Trinajstić information content (AvgIpc) is 1.45. The number of aromatic nitrogens is 5. The van der Waals surface area contributed by atoms with Gasteiger partial charge in [-0.1, -0.05) is 285 Å². The van der Waals surface area contributed by atoms with Crippen LogP contribution in [0.5, 0.6) is 0 Å². The van der Waals surface area contributed by atoms with Gasteiger partial charge in [-0.2, -0.15) is 0 Å². The zero-order chi connectivity index (χ0) is 91.5. The van der Waals surface area contributed by atoms with Gasteiger partial charge in [-0.25, -0.2) is 0 Å². The van der Waals surface area contributed by atoms with Crippen LogP contribution in [0.3, 0.4) is 0 Å². The topological polar surface area (TPSA) is 86.5 Å². The van der Waals surface area contributed by atoms with Crippen LogP contribution in [0.2, 0.25) is 0 Å². The monoisotopic (exact) mass is 1760 g/mol. The average molecular weight is 1760 g/mol. The second kappa shape index (κ2) is 33.8. The lowest BCUT2D eigenvalue weighted by Gasteiger charge is -2.07. The van der Waals surface area contributed by atoms with Crippen molar-refractivity contribution in [2.24, 2.45) is 60.2 Å². The third-order valence-corrected chi connectivity index (χ3v) is 28.9. The molecule has 0 saturated heterocycles. The molecule has 24 aromatic rings. The minimum absolute atomic E-state index is 0.904. The van der Waals surface area contributed by atoms with Gasteiger partial charge in [0, 0.05) is 176 Å². The first-order valence-electron chi connectivity index (χ1n) is 47.3. The summed E-state index contributed by atoms with van der Waals surface area (Å²) in [5.74, 6) is 0. The highest BCUT2D eigenvalue weighted by Gasteiger charge is 2.25. The van der Waals surface area contributed by atoms with E-state index in [4.69, 9.17) is 25.0 Å². The van der Waals surface area contributed by atoms with Crippen molar-refractivity contribution in [3.8, 4) is 33.4 Å². The van der Waals surface area contributed by atoms with E-state index in [-0.39, 0.29) is 0 Å². The molecule has 29 rings (SSSR count). The largest absolute Gasteiger partial charge is 0.344 e. The van der Waals surface area contributed by atoms with Crippen molar-refractivity contribution in [3.63, 3.8) is 0 Å². The van der Waals surface area contributed by atoms with E-state index in [1.54, 1.807) is 0 Å².